The molecule has 0 aliphatic carbocycles. The zero-order valence-corrected chi connectivity index (χ0v) is 10.2. The molecule has 0 spiro atoms. The average molecular weight is 258 g/mol. The number of benzene rings is 2. The molecular weight excluding hydrogens is 244 g/mol. The number of esters is 1. The van der Waals surface area contributed by atoms with Crippen molar-refractivity contribution in [1.82, 2.24) is 0 Å². The van der Waals surface area contributed by atoms with Gasteiger partial charge in [-0.2, -0.15) is 0 Å². The summed E-state index contributed by atoms with van der Waals surface area (Å²) < 4.78 is 5.12. The number of carbonyl (C=O) groups excluding carboxylic acids is 1. The van der Waals surface area contributed by atoms with Crippen LogP contribution in [0.1, 0.15) is 15.9 Å². The number of hydrogen-bond acceptors (Lipinski definition) is 5. The lowest BCUT2D eigenvalue weighted by molar-refractivity contribution is 0.0473. The maximum atomic E-state index is 11.8. The molecule has 0 aliphatic heterocycles. The summed E-state index contributed by atoms with van der Waals surface area (Å²) >= 11 is 0. The lowest BCUT2D eigenvalue weighted by atomic mass is 10.1. The second-order valence-corrected chi connectivity index (χ2v) is 4.09. The number of rotatable bonds is 3. The fourth-order valence-electron chi connectivity index (χ4n) is 1.64. The van der Waals surface area contributed by atoms with E-state index in [0.29, 0.717) is 11.3 Å². The van der Waals surface area contributed by atoms with Crippen LogP contribution in [0.4, 0.5) is 11.4 Å². The van der Waals surface area contributed by atoms with Crippen molar-refractivity contribution in [3.05, 3.63) is 53.6 Å². The van der Waals surface area contributed by atoms with E-state index in [0.717, 1.165) is 0 Å². The number of phenolic OH excluding ortho intramolecular Hbond substituents is 1. The Morgan fingerprint density at radius 1 is 1.16 bits per heavy atom. The maximum absolute atomic E-state index is 11.8. The fourth-order valence-corrected chi connectivity index (χ4v) is 1.64. The van der Waals surface area contributed by atoms with Crippen molar-refractivity contribution in [3.8, 4) is 5.75 Å². The molecule has 5 N–H and O–H groups in total. The Labute approximate surface area is 110 Å². The number of ether oxygens (including phenoxy) is 1. The van der Waals surface area contributed by atoms with Gasteiger partial charge >= 0.3 is 5.97 Å². The lowest BCUT2D eigenvalue weighted by Gasteiger charge is -2.08. The summed E-state index contributed by atoms with van der Waals surface area (Å²) in [5.41, 5.74) is 13.0. The van der Waals surface area contributed by atoms with Gasteiger partial charge in [-0.15, -0.1) is 0 Å². The SMILES string of the molecule is Nc1ccc(C(=O)OCc2cccc(O)c2)c(N)c1. The van der Waals surface area contributed by atoms with Crippen LogP contribution in [0, 0.1) is 0 Å². The van der Waals surface area contributed by atoms with Crippen LogP contribution in [-0.2, 0) is 11.3 Å². The van der Waals surface area contributed by atoms with Gasteiger partial charge in [-0.05, 0) is 35.9 Å². The Kier molecular flexibility index (Phi) is 3.56. The van der Waals surface area contributed by atoms with Crippen LogP contribution in [-0.4, -0.2) is 11.1 Å². The van der Waals surface area contributed by atoms with Crippen molar-refractivity contribution in [2.75, 3.05) is 11.5 Å². The number of hydrogen-bond donors (Lipinski definition) is 3. The van der Waals surface area contributed by atoms with Gasteiger partial charge in [-0.25, -0.2) is 4.79 Å². The first-order valence-electron chi connectivity index (χ1n) is 5.66. The molecule has 2 aromatic rings. The zero-order valence-electron chi connectivity index (χ0n) is 10.2. The van der Waals surface area contributed by atoms with Gasteiger partial charge < -0.3 is 21.3 Å². The summed E-state index contributed by atoms with van der Waals surface area (Å²) in [5.74, 6) is -0.401. The second kappa shape index (κ2) is 5.30. The van der Waals surface area contributed by atoms with Crippen molar-refractivity contribution in [2.45, 2.75) is 6.61 Å². The van der Waals surface area contributed by atoms with Crippen molar-refractivity contribution >= 4 is 17.3 Å². The van der Waals surface area contributed by atoms with Crippen LogP contribution in [0.25, 0.3) is 0 Å². The summed E-state index contributed by atoms with van der Waals surface area (Å²) in [7, 11) is 0. The van der Waals surface area contributed by atoms with Crippen LogP contribution in [0.15, 0.2) is 42.5 Å². The number of carbonyl (C=O) groups is 1. The molecular formula is C14H14N2O3. The van der Waals surface area contributed by atoms with Crippen LogP contribution in [0.3, 0.4) is 0 Å². The van der Waals surface area contributed by atoms with E-state index in [1.54, 1.807) is 24.3 Å². The summed E-state index contributed by atoms with van der Waals surface area (Å²) in [6.07, 6.45) is 0. The Morgan fingerprint density at radius 2 is 1.95 bits per heavy atom. The van der Waals surface area contributed by atoms with Crippen LogP contribution < -0.4 is 11.5 Å². The third-order valence-electron chi connectivity index (χ3n) is 2.58. The third kappa shape index (κ3) is 3.16. The molecule has 0 amide bonds. The van der Waals surface area contributed by atoms with Crippen molar-refractivity contribution in [3.63, 3.8) is 0 Å². The second-order valence-electron chi connectivity index (χ2n) is 4.09. The van der Waals surface area contributed by atoms with Gasteiger partial charge in [-0.3, -0.25) is 0 Å². The summed E-state index contributed by atoms with van der Waals surface area (Å²) in [6.45, 7) is 0.0665. The molecule has 2 aromatic carbocycles. The summed E-state index contributed by atoms with van der Waals surface area (Å²) in [4.78, 5) is 11.8. The Morgan fingerprint density at radius 3 is 2.63 bits per heavy atom. The zero-order chi connectivity index (χ0) is 13.8. The van der Waals surface area contributed by atoms with Crippen LogP contribution >= 0.6 is 0 Å². The molecule has 5 heteroatoms. The lowest BCUT2D eigenvalue weighted by Crippen LogP contribution is -2.08. The van der Waals surface area contributed by atoms with Gasteiger partial charge in [0.2, 0.25) is 0 Å². The normalized spacial score (nSPS) is 10.1. The van der Waals surface area contributed by atoms with Gasteiger partial charge in [0.05, 0.1) is 5.56 Å². The van der Waals surface area contributed by atoms with Crippen LogP contribution in [0.5, 0.6) is 5.75 Å². The van der Waals surface area contributed by atoms with Gasteiger partial charge in [0.15, 0.2) is 0 Å². The maximum Gasteiger partial charge on any atom is 0.340 e. The molecule has 5 nitrogen and oxygen atoms in total. The minimum absolute atomic E-state index is 0.0665. The highest BCUT2D eigenvalue weighted by atomic mass is 16.5. The molecule has 0 atom stereocenters. The van der Waals surface area contributed by atoms with Gasteiger partial charge in [0, 0.05) is 11.4 Å². The average Bonchev–Trinajstić information content (AvgIpc) is 2.36. The molecule has 19 heavy (non-hydrogen) atoms. The number of nitrogens with two attached hydrogens (primary N) is 2. The number of nitrogen functional groups attached to an aromatic ring is 2. The largest absolute Gasteiger partial charge is 0.508 e. The standard InChI is InChI=1S/C14H14N2O3/c15-10-4-5-12(13(16)7-10)14(18)19-8-9-2-1-3-11(17)6-9/h1-7,17H,8,15-16H2. The topological polar surface area (TPSA) is 98.6 Å². The number of aromatic hydroxyl groups is 1. The number of anilines is 2. The Balaban J connectivity index is 2.05. The molecule has 0 unspecified atom stereocenters. The van der Waals surface area contributed by atoms with Gasteiger partial charge in [-0.1, -0.05) is 12.1 Å². The first-order valence-corrected chi connectivity index (χ1v) is 5.66. The molecule has 0 saturated carbocycles. The highest BCUT2D eigenvalue weighted by Crippen LogP contribution is 2.18. The minimum atomic E-state index is -0.527. The molecule has 0 bridgehead atoms. The molecule has 0 aromatic heterocycles. The third-order valence-corrected chi connectivity index (χ3v) is 2.58. The molecule has 0 fully saturated rings. The van der Waals surface area contributed by atoms with E-state index in [-0.39, 0.29) is 23.6 Å². The van der Waals surface area contributed by atoms with Crippen molar-refractivity contribution in [2.24, 2.45) is 0 Å². The Bertz CT molecular complexity index is 611. The molecule has 2 rings (SSSR count). The molecule has 0 heterocycles. The van der Waals surface area contributed by atoms with E-state index in [4.69, 9.17) is 16.2 Å². The Hall–Kier alpha value is -2.69. The first kappa shape index (κ1) is 12.8. The predicted molar refractivity (Wildman–Crippen MR) is 72.5 cm³/mol. The van der Waals surface area contributed by atoms with E-state index in [2.05, 4.69) is 0 Å². The van der Waals surface area contributed by atoms with E-state index in [1.165, 1.54) is 18.2 Å². The molecule has 98 valence electrons. The smallest absolute Gasteiger partial charge is 0.340 e. The van der Waals surface area contributed by atoms with E-state index in [9.17, 15) is 9.90 Å². The predicted octanol–water partition coefficient (Wildman–Crippen LogP) is 1.91. The quantitative estimate of drug-likeness (QED) is 0.577. The monoisotopic (exact) mass is 258 g/mol. The minimum Gasteiger partial charge on any atom is -0.508 e. The van der Waals surface area contributed by atoms with Gasteiger partial charge in [0.25, 0.3) is 0 Å². The first-order chi connectivity index (χ1) is 9.06. The van der Waals surface area contributed by atoms with E-state index >= 15 is 0 Å². The van der Waals surface area contributed by atoms with E-state index in [1.807, 2.05) is 0 Å². The number of phenols is 1. The molecule has 0 saturated heterocycles. The van der Waals surface area contributed by atoms with Crippen molar-refractivity contribution < 1.29 is 14.6 Å². The van der Waals surface area contributed by atoms with E-state index < -0.39 is 5.97 Å². The summed E-state index contributed by atoms with van der Waals surface area (Å²) in [5, 5.41) is 9.30. The molecule has 0 radical (unpaired) electrons. The van der Waals surface area contributed by atoms with Gasteiger partial charge in [0.1, 0.15) is 12.4 Å². The molecule has 0 aliphatic rings. The van der Waals surface area contributed by atoms with Crippen molar-refractivity contribution in [1.29, 1.82) is 0 Å². The van der Waals surface area contributed by atoms with Crippen LogP contribution in [0.2, 0.25) is 0 Å². The fraction of sp³-hybridized carbons (Fsp3) is 0.0714. The highest BCUT2D eigenvalue weighted by Gasteiger charge is 2.11. The highest BCUT2D eigenvalue weighted by molar-refractivity contribution is 5.95. The summed E-state index contributed by atoms with van der Waals surface area (Å²) in [6, 6.07) is 11.1.